The summed E-state index contributed by atoms with van der Waals surface area (Å²) >= 11 is 0. The third-order valence-corrected chi connectivity index (χ3v) is 2.52. The van der Waals surface area contributed by atoms with Crippen molar-refractivity contribution in [2.75, 3.05) is 38.3 Å². The van der Waals surface area contributed by atoms with Crippen LogP contribution in [0.15, 0.2) is 24.3 Å². The van der Waals surface area contributed by atoms with Gasteiger partial charge in [0.15, 0.2) is 0 Å². The fraction of sp³-hybridized carbons (Fsp3) is 0.462. The molecule has 100 valence electrons. The summed E-state index contributed by atoms with van der Waals surface area (Å²) in [4.78, 5) is 13.4. The molecule has 0 aromatic heterocycles. The fourth-order valence-electron chi connectivity index (χ4n) is 1.62. The number of methoxy groups -OCH3 is 1. The van der Waals surface area contributed by atoms with Crippen LogP contribution >= 0.6 is 0 Å². The topological polar surface area (TPSA) is 41.6 Å². The van der Waals surface area contributed by atoms with Crippen molar-refractivity contribution >= 4 is 11.6 Å². The molecule has 0 atom stereocenters. The molecule has 0 aliphatic rings. The van der Waals surface area contributed by atoms with E-state index < -0.39 is 0 Å². The van der Waals surface area contributed by atoms with Crippen molar-refractivity contribution < 1.29 is 13.9 Å². The second-order valence-electron chi connectivity index (χ2n) is 3.76. The third kappa shape index (κ3) is 4.09. The average molecular weight is 254 g/mol. The Bertz CT molecular complexity index is 385. The Morgan fingerprint density at radius 3 is 2.78 bits per heavy atom. The Morgan fingerprint density at radius 1 is 1.44 bits per heavy atom. The number of hydrogen-bond acceptors (Lipinski definition) is 3. The van der Waals surface area contributed by atoms with Crippen molar-refractivity contribution in [2.24, 2.45) is 0 Å². The van der Waals surface area contributed by atoms with Crippen LogP contribution < -0.4 is 10.2 Å². The molecule has 18 heavy (non-hydrogen) atoms. The van der Waals surface area contributed by atoms with Crippen LogP contribution in [0, 0.1) is 5.82 Å². The molecule has 0 spiro atoms. The van der Waals surface area contributed by atoms with Gasteiger partial charge in [-0.05, 0) is 19.1 Å². The molecule has 1 rings (SSSR count). The minimum atomic E-state index is -0.385. The molecule has 0 fully saturated rings. The van der Waals surface area contributed by atoms with Crippen molar-refractivity contribution in [1.29, 1.82) is 0 Å². The molecule has 1 aromatic carbocycles. The highest BCUT2D eigenvalue weighted by Crippen LogP contribution is 2.18. The van der Waals surface area contributed by atoms with E-state index in [2.05, 4.69) is 5.32 Å². The maximum atomic E-state index is 13.6. The predicted molar refractivity (Wildman–Crippen MR) is 69.2 cm³/mol. The molecule has 0 bridgehead atoms. The number of carbonyl (C=O) groups excluding carboxylic acids is 1. The van der Waals surface area contributed by atoms with Gasteiger partial charge < -0.3 is 15.0 Å². The van der Waals surface area contributed by atoms with Crippen molar-refractivity contribution in [3.8, 4) is 0 Å². The highest BCUT2D eigenvalue weighted by atomic mass is 19.1. The normalized spacial score (nSPS) is 10.4. The smallest absolute Gasteiger partial charge is 0.241 e. The zero-order valence-electron chi connectivity index (χ0n) is 10.8. The predicted octanol–water partition coefficient (Wildman–Crippen LogP) is 1.41. The highest BCUT2D eigenvalue weighted by molar-refractivity contribution is 5.94. The van der Waals surface area contributed by atoms with E-state index in [4.69, 9.17) is 4.74 Å². The van der Waals surface area contributed by atoms with Gasteiger partial charge >= 0.3 is 0 Å². The largest absolute Gasteiger partial charge is 0.383 e. The molecule has 1 aromatic rings. The summed E-state index contributed by atoms with van der Waals surface area (Å²) in [5.74, 6) is -0.539. The van der Waals surface area contributed by atoms with E-state index in [0.717, 1.165) is 0 Å². The third-order valence-electron chi connectivity index (χ3n) is 2.52. The molecule has 0 aliphatic carbocycles. The van der Waals surface area contributed by atoms with Gasteiger partial charge in [0.05, 0.1) is 18.8 Å². The van der Waals surface area contributed by atoms with Crippen molar-refractivity contribution in [3.63, 3.8) is 0 Å². The lowest BCUT2D eigenvalue weighted by molar-refractivity contribution is -0.117. The van der Waals surface area contributed by atoms with E-state index in [1.165, 1.54) is 11.0 Å². The Morgan fingerprint density at radius 2 is 2.17 bits per heavy atom. The van der Waals surface area contributed by atoms with Gasteiger partial charge in [-0.15, -0.1) is 0 Å². The van der Waals surface area contributed by atoms with Crippen LogP contribution in [0.4, 0.5) is 10.1 Å². The summed E-state index contributed by atoms with van der Waals surface area (Å²) in [5.41, 5.74) is 0.318. The maximum Gasteiger partial charge on any atom is 0.241 e. The Kier molecular flexibility index (Phi) is 6.32. The zero-order chi connectivity index (χ0) is 13.4. The number of nitrogens with zero attached hydrogens (tertiary/aromatic N) is 1. The summed E-state index contributed by atoms with van der Waals surface area (Å²) in [6.07, 6.45) is 0. The molecular formula is C13H19FN2O2. The van der Waals surface area contributed by atoms with Crippen LogP contribution in [0.3, 0.4) is 0 Å². The van der Waals surface area contributed by atoms with Gasteiger partial charge in [-0.2, -0.15) is 0 Å². The summed E-state index contributed by atoms with van der Waals surface area (Å²) in [5, 5.41) is 2.95. The molecule has 0 radical (unpaired) electrons. The molecule has 0 unspecified atom stereocenters. The molecule has 4 nitrogen and oxygen atoms in total. The standard InChI is InChI=1S/C13H19FN2O2/c1-3-16(12-7-5-4-6-11(12)14)13(17)10-15-8-9-18-2/h4-7,15H,3,8-10H2,1-2H3. The second-order valence-corrected chi connectivity index (χ2v) is 3.76. The Labute approximate surface area is 107 Å². The van der Waals surface area contributed by atoms with Crippen LogP contribution in [-0.4, -0.2) is 39.3 Å². The van der Waals surface area contributed by atoms with Crippen molar-refractivity contribution in [1.82, 2.24) is 5.32 Å². The molecule has 5 heteroatoms. The molecule has 0 saturated heterocycles. The quantitative estimate of drug-likeness (QED) is 0.748. The first-order chi connectivity index (χ1) is 8.70. The van der Waals surface area contributed by atoms with E-state index in [1.54, 1.807) is 25.3 Å². The van der Waals surface area contributed by atoms with Crippen LogP contribution in [0.1, 0.15) is 6.92 Å². The van der Waals surface area contributed by atoms with Gasteiger partial charge in [-0.1, -0.05) is 12.1 Å². The van der Waals surface area contributed by atoms with Crippen LogP contribution in [0.5, 0.6) is 0 Å². The van der Waals surface area contributed by atoms with Gasteiger partial charge in [-0.25, -0.2) is 4.39 Å². The van der Waals surface area contributed by atoms with E-state index in [9.17, 15) is 9.18 Å². The monoisotopic (exact) mass is 254 g/mol. The summed E-state index contributed by atoms with van der Waals surface area (Å²) in [6, 6.07) is 6.27. The minimum Gasteiger partial charge on any atom is -0.383 e. The van der Waals surface area contributed by atoms with E-state index in [-0.39, 0.29) is 18.3 Å². The first-order valence-electron chi connectivity index (χ1n) is 5.95. The number of para-hydroxylation sites is 1. The van der Waals surface area contributed by atoms with E-state index in [0.29, 0.717) is 25.4 Å². The van der Waals surface area contributed by atoms with E-state index >= 15 is 0 Å². The van der Waals surface area contributed by atoms with Gasteiger partial charge in [0.1, 0.15) is 5.82 Å². The molecule has 0 saturated carbocycles. The van der Waals surface area contributed by atoms with Crippen LogP contribution in [0.25, 0.3) is 0 Å². The number of nitrogens with one attached hydrogen (secondary N) is 1. The minimum absolute atomic E-state index is 0.154. The first-order valence-corrected chi connectivity index (χ1v) is 5.95. The first kappa shape index (κ1) is 14.6. The summed E-state index contributed by atoms with van der Waals surface area (Å²) in [6.45, 7) is 3.56. The molecule has 1 N–H and O–H groups in total. The average Bonchev–Trinajstić information content (AvgIpc) is 2.38. The molecular weight excluding hydrogens is 235 g/mol. The highest BCUT2D eigenvalue weighted by Gasteiger charge is 2.16. The Balaban J connectivity index is 2.60. The zero-order valence-corrected chi connectivity index (χ0v) is 10.8. The SMILES string of the molecule is CCN(C(=O)CNCCOC)c1ccccc1F. The van der Waals surface area contributed by atoms with Crippen molar-refractivity contribution in [3.05, 3.63) is 30.1 Å². The lowest BCUT2D eigenvalue weighted by atomic mass is 10.2. The fourth-order valence-corrected chi connectivity index (χ4v) is 1.62. The lowest BCUT2D eigenvalue weighted by Gasteiger charge is -2.21. The summed E-state index contributed by atoms with van der Waals surface area (Å²) < 4.78 is 18.5. The van der Waals surface area contributed by atoms with Gasteiger partial charge in [0, 0.05) is 20.2 Å². The second kappa shape index (κ2) is 7.79. The molecule has 0 heterocycles. The number of hydrogen-bond donors (Lipinski definition) is 1. The number of rotatable bonds is 7. The number of carbonyl (C=O) groups is 1. The van der Waals surface area contributed by atoms with Crippen molar-refractivity contribution in [2.45, 2.75) is 6.92 Å². The van der Waals surface area contributed by atoms with Gasteiger partial charge in [0.25, 0.3) is 0 Å². The number of anilines is 1. The number of ether oxygens (including phenoxy) is 1. The number of likely N-dealkylation sites (N-methyl/N-ethyl adjacent to an activating group) is 1. The number of amides is 1. The maximum absolute atomic E-state index is 13.6. The molecule has 0 aliphatic heterocycles. The number of halogens is 1. The van der Waals surface area contributed by atoms with Crippen LogP contribution in [0.2, 0.25) is 0 Å². The molecule has 1 amide bonds. The summed E-state index contributed by atoms with van der Waals surface area (Å²) in [7, 11) is 1.60. The van der Waals surface area contributed by atoms with Gasteiger partial charge in [0.2, 0.25) is 5.91 Å². The lowest BCUT2D eigenvalue weighted by Crippen LogP contribution is -2.39. The van der Waals surface area contributed by atoms with Gasteiger partial charge in [-0.3, -0.25) is 4.79 Å². The van der Waals surface area contributed by atoms with E-state index in [1.807, 2.05) is 6.92 Å². The number of benzene rings is 1. The van der Waals surface area contributed by atoms with Crippen LogP contribution in [-0.2, 0) is 9.53 Å². The Hall–Kier alpha value is -1.46.